The summed E-state index contributed by atoms with van der Waals surface area (Å²) >= 11 is 0. The average Bonchev–Trinajstić information content (AvgIpc) is 3.52. The molecular weight excluding hydrogens is 811 g/mol. The molecule has 0 spiro atoms. The van der Waals surface area contributed by atoms with Crippen molar-refractivity contribution in [2.75, 3.05) is 0 Å². The smallest absolute Gasteiger partial charge is 0.164 e. The molecule has 1 radical (unpaired) electrons. The Balaban J connectivity index is 0.000000335. The Bertz CT molecular complexity index is 1960. The van der Waals surface area contributed by atoms with E-state index in [1.807, 2.05) is 59.9 Å². The molecule has 51 heavy (non-hydrogen) atoms. The van der Waals surface area contributed by atoms with Crippen LogP contribution in [0.1, 0.15) is 113 Å². The minimum atomic E-state index is -0.337. The summed E-state index contributed by atoms with van der Waals surface area (Å²) in [4.78, 5) is 26.1. The Morgan fingerprint density at radius 1 is 0.882 bits per heavy atom. The fraction of sp³-hybridized carbons (Fsp3) is 0.455. The van der Waals surface area contributed by atoms with Gasteiger partial charge < -0.3 is 9.52 Å². The number of allylic oxidation sites excluding steroid dienone is 2. The van der Waals surface area contributed by atoms with Gasteiger partial charge in [-0.3, -0.25) is 14.8 Å². The number of rotatable bonds is 11. The number of fused-ring (bicyclic) bond motifs is 2. The van der Waals surface area contributed by atoms with Crippen LogP contribution >= 0.6 is 0 Å². The van der Waals surface area contributed by atoms with E-state index in [9.17, 15) is 9.90 Å². The number of carbonyl (C=O) groups is 1. The molecule has 3 aromatic heterocycles. The van der Waals surface area contributed by atoms with Gasteiger partial charge in [0.15, 0.2) is 5.78 Å². The third-order valence-electron chi connectivity index (χ3n) is 10.6. The van der Waals surface area contributed by atoms with E-state index in [1.165, 1.54) is 17.0 Å². The molecule has 0 fully saturated rings. The summed E-state index contributed by atoms with van der Waals surface area (Å²) in [6.45, 7) is 23.2. The average molecular weight is 867 g/mol. The number of aliphatic hydroxyl groups excluding tert-OH is 1. The van der Waals surface area contributed by atoms with Crippen molar-refractivity contribution in [1.82, 2.24) is 15.0 Å². The maximum absolute atomic E-state index is 12.2. The Kier molecular flexibility index (Phi) is 14.1. The Morgan fingerprint density at radius 3 is 2.12 bits per heavy atom. The van der Waals surface area contributed by atoms with E-state index in [0.29, 0.717) is 5.92 Å². The zero-order chi connectivity index (χ0) is 36.9. The van der Waals surface area contributed by atoms with Gasteiger partial charge in [0.05, 0.1) is 23.0 Å². The third kappa shape index (κ3) is 9.42. The third-order valence-corrected chi connectivity index (χ3v) is 10.6. The zero-order valence-electron chi connectivity index (χ0n) is 32.4. The fourth-order valence-corrected chi connectivity index (χ4v) is 6.14. The van der Waals surface area contributed by atoms with Crippen LogP contribution in [0.25, 0.3) is 44.4 Å². The first kappa shape index (κ1) is 41.7. The molecule has 6 nitrogen and oxygen atoms in total. The molecule has 0 saturated carbocycles. The predicted octanol–water partition coefficient (Wildman–Crippen LogP) is 12.0. The molecule has 5 aromatic rings. The number of aliphatic hydroxyl groups is 1. The number of hydrogen-bond donors (Lipinski definition) is 1. The van der Waals surface area contributed by atoms with Crippen molar-refractivity contribution >= 4 is 27.5 Å². The Morgan fingerprint density at radius 2 is 1.51 bits per heavy atom. The Hall–Kier alpha value is -3.67. The van der Waals surface area contributed by atoms with Crippen molar-refractivity contribution in [2.24, 2.45) is 16.7 Å². The normalized spacial score (nSPS) is 12.5. The number of hydrogen-bond acceptors (Lipinski definition) is 6. The van der Waals surface area contributed by atoms with Gasteiger partial charge in [0.2, 0.25) is 0 Å². The van der Waals surface area contributed by atoms with E-state index in [1.54, 1.807) is 12.5 Å². The number of aromatic nitrogens is 3. The largest absolute Gasteiger partial charge is 0.512 e. The maximum atomic E-state index is 12.2. The van der Waals surface area contributed by atoms with Gasteiger partial charge in [-0.2, -0.15) is 0 Å². The summed E-state index contributed by atoms with van der Waals surface area (Å²) in [6.07, 6.45) is 10.9. The molecule has 0 amide bonds. The SMILES string of the molecule is CC(C)Cc1coc2ccnc(-c3cc(-c4[c-]c5ccccc5c(C(C)(C)C)c4)ncn3)c12.CCC(C)(CC)C(=O)/C=C(\O)C(C)(CC)CC.[Ir]. The van der Waals surface area contributed by atoms with Crippen molar-refractivity contribution in [3.05, 3.63) is 90.3 Å². The summed E-state index contributed by atoms with van der Waals surface area (Å²) in [5.41, 5.74) is 6.09. The van der Waals surface area contributed by atoms with Crippen LogP contribution in [-0.2, 0) is 36.7 Å². The van der Waals surface area contributed by atoms with Gasteiger partial charge in [-0.05, 0) is 55.6 Å². The van der Waals surface area contributed by atoms with Crippen molar-refractivity contribution < 1.29 is 34.4 Å². The van der Waals surface area contributed by atoms with Crippen molar-refractivity contribution in [3.63, 3.8) is 0 Å². The molecule has 0 aliphatic carbocycles. The molecule has 1 N–H and O–H groups in total. The second-order valence-electron chi connectivity index (χ2n) is 15.5. The summed E-state index contributed by atoms with van der Waals surface area (Å²) < 4.78 is 5.84. The summed E-state index contributed by atoms with van der Waals surface area (Å²) in [5.74, 6) is 0.802. The summed E-state index contributed by atoms with van der Waals surface area (Å²) in [7, 11) is 0. The molecule has 0 aliphatic heterocycles. The van der Waals surface area contributed by atoms with E-state index in [4.69, 9.17) is 9.40 Å². The minimum absolute atomic E-state index is 0. The maximum Gasteiger partial charge on any atom is 0.164 e. The van der Waals surface area contributed by atoms with Gasteiger partial charge in [-0.15, -0.1) is 29.1 Å². The van der Waals surface area contributed by atoms with Crippen molar-refractivity contribution in [3.8, 4) is 22.6 Å². The molecule has 0 bridgehead atoms. The number of pyridine rings is 1. The fourth-order valence-electron chi connectivity index (χ4n) is 6.14. The van der Waals surface area contributed by atoms with Crippen LogP contribution in [0.15, 0.2) is 77.5 Å². The van der Waals surface area contributed by atoms with Gasteiger partial charge in [0.25, 0.3) is 0 Å². The molecule has 2 aromatic carbocycles. The number of ketones is 1. The molecule has 7 heteroatoms. The van der Waals surface area contributed by atoms with E-state index < -0.39 is 0 Å². The van der Waals surface area contributed by atoms with E-state index in [0.717, 1.165) is 76.7 Å². The minimum Gasteiger partial charge on any atom is -0.512 e. The second kappa shape index (κ2) is 17.2. The van der Waals surface area contributed by atoms with Crippen LogP contribution in [0.5, 0.6) is 0 Å². The monoisotopic (exact) mass is 867 g/mol. The standard InChI is InChI=1S/C29H28N3O.C15H28O2.Ir/c1-18(2)12-21-16-33-26-10-11-30-28(27(21)26)25-15-24(31-17-32-25)20-13-19-8-6-7-9-22(19)23(14-20)29(3,4)5;1-7-14(5,8-2)12(16)11-13(17)15(6,9-3)10-4;/h6-11,14-18H,12H2,1-5H3;11,16H,7-10H2,1-6H3;/q-1;;/b;12-11-;. The molecule has 0 saturated heterocycles. The molecule has 3 heterocycles. The van der Waals surface area contributed by atoms with Crippen LogP contribution in [0.2, 0.25) is 0 Å². The van der Waals surface area contributed by atoms with Gasteiger partial charge in [-0.1, -0.05) is 105 Å². The molecule has 5 rings (SSSR count). The summed E-state index contributed by atoms with van der Waals surface area (Å²) in [5, 5.41) is 13.5. The number of furan rings is 1. The first-order valence-corrected chi connectivity index (χ1v) is 18.2. The van der Waals surface area contributed by atoms with E-state index >= 15 is 0 Å². The molecule has 0 atom stereocenters. The van der Waals surface area contributed by atoms with Crippen molar-refractivity contribution in [2.45, 2.75) is 114 Å². The number of carbonyl (C=O) groups excluding carboxylic acids is 1. The van der Waals surface area contributed by atoms with Crippen LogP contribution < -0.4 is 0 Å². The van der Waals surface area contributed by atoms with E-state index in [2.05, 4.69) is 81.0 Å². The number of benzene rings is 2. The van der Waals surface area contributed by atoms with Crippen LogP contribution in [0.4, 0.5) is 0 Å². The Labute approximate surface area is 319 Å². The summed E-state index contributed by atoms with van der Waals surface area (Å²) in [6, 6.07) is 18.1. The van der Waals surface area contributed by atoms with Gasteiger partial charge in [-0.25, -0.2) is 4.98 Å². The van der Waals surface area contributed by atoms with Crippen LogP contribution in [-0.4, -0.2) is 25.8 Å². The second-order valence-corrected chi connectivity index (χ2v) is 15.5. The van der Waals surface area contributed by atoms with Crippen molar-refractivity contribution in [1.29, 1.82) is 0 Å². The molecular formula is C44H56IrN3O3-. The quantitative estimate of drug-likeness (QED) is 0.0808. The van der Waals surface area contributed by atoms with Crippen LogP contribution in [0, 0.1) is 22.8 Å². The van der Waals surface area contributed by atoms with Gasteiger partial charge >= 0.3 is 0 Å². The molecule has 275 valence electrons. The zero-order valence-corrected chi connectivity index (χ0v) is 34.8. The van der Waals surface area contributed by atoms with Gasteiger partial charge in [0, 0.05) is 54.5 Å². The molecule has 0 unspecified atom stereocenters. The number of nitrogens with zero attached hydrogens (tertiary/aromatic N) is 3. The topological polar surface area (TPSA) is 89.1 Å². The van der Waals surface area contributed by atoms with Gasteiger partial charge in [0.1, 0.15) is 17.7 Å². The first-order chi connectivity index (χ1) is 23.6. The van der Waals surface area contributed by atoms with E-state index in [-0.39, 0.29) is 47.9 Å². The first-order valence-electron chi connectivity index (χ1n) is 18.2. The molecule has 0 aliphatic rings. The van der Waals surface area contributed by atoms with Crippen LogP contribution in [0.3, 0.4) is 0 Å². The predicted molar refractivity (Wildman–Crippen MR) is 207 cm³/mol.